The average Bonchev–Trinajstić information content (AvgIpc) is 2.85. The van der Waals surface area contributed by atoms with Gasteiger partial charge in [0.15, 0.2) is 0 Å². The van der Waals surface area contributed by atoms with E-state index in [1.54, 1.807) is 0 Å². The second-order valence-electron chi connectivity index (χ2n) is 5.67. The molecule has 1 aliphatic carbocycles. The third-order valence-corrected chi connectivity index (χ3v) is 4.44. The molecule has 0 bridgehead atoms. The molecule has 2 aliphatic rings. The van der Waals surface area contributed by atoms with Gasteiger partial charge in [-0.25, -0.2) is 0 Å². The van der Waals surface area contributed by atoms with Crippen LogP contribution < -0.4 is 10.6 Å². The minimum absolute atomic E-state index is 0.0501. The number of hydrogen-bond acceptors (Lipinski definition) is 4. The van der Waals surface area contributed by atoms with Crippen molar-refractivity contribution in [1.29, 1.82) is 0 Å². The fourth-order valence-electron chi connectivity index (χ4n) is 3.30. The smallest absolute Gasteiger partial charge is 0.326 e. The molecule has 1 heterocycles. The first-order valence-corrected chi connectivity index (χ1v) is 7.34. The Bertz CT molecular complexity index is 290. The maximum absolute atomic E-state index is 12.4. The van der Waals surface area contributed by atoms with Gasteiger partial charge in [-0.15, -0.1) is 0 Å². The summed E-state index contributed by atoms with van der Waals surface area (Å²) in [7, 11) is 0. The lowest BCUT2D eigenvalue weighted by molar-refractivity contribution is -0.155. The molecule has 2 N–H and O–H groups in total. The molecule has 2 fully saturated rings. The average molecular weight is 254 g/mol. The SMILES string of the molecule is CCOC(=O)C1(NC2CCCC2)CCNCC1C. The Hall–Kier alpha value is -0.610. The topological polar surface area (TPSA) is 50.4 Å². The van der Waals surface area contributed by atoms with Crippen LogP contribution in [0.5, 0.6) is 0 Å². The number of nitrogens with one attached hydrogen (secondary N) is 2. The maximum Gasteiger partial charge on any atom is 0.326 e. The molecule has 0 spiro atoms. The molecule has 2 rings (SSSR count). The highest BCUT2D eigenvalue weighted by Gasteiger charge is 2.47. The van der Waals surface area contributed by atoms with Crippen molar-refractivity contribution in [1.82, 2.24) is 10.6 Å². The molecule has 4 nitrogen and oxygen atoms in total. The summed E-state index contributed by atoms with van der Waals surface area (Å²) >= 11 is 0. The number of esters is 1. The molecule has 1 saturated carbocycles. The van der Waals surface area contributed by atoms with Crippen LogP contribution in [0, 0.1) is 5.92 Å². The summed E-state index contributed by atoms with van der Waals surface area (Å²) in [4.78, 5) is 12.4. The van der Waals surface area contributed by atoms with Gasteiger partial charge in [-0.2, -0.15) is 0 Å². The molecule has 1 saturated heterocycles. The zero-order valence-corrected chi connectivity index (χ0v) is 11.6. The van der Waals surface area contributed by atoms with Crippen LogP contribution in [0.15, 0.2) is 0 Å². The Labute approximate surface area is 110 Å². The van der Waals surface area contributed by atoms with Crippen molar-refractivity contribution in [2.45, 2.75) is 57.5 Å². The summed E-state index contributed by atoms with van der Waals surface area (Å²) in [6, 6.07) is 0.495. The Morgan fingerprint density at radius 1 is 1.44 bits per heavy atom. The monoisotopic (exact) mass is 254 g/mol. The summed E-state index contributed by atoms with van der Waals surface area (Å²) in [6.07, 6.45) is 5.79. The maximum atomic E-state index is 12.4. The zero-order valence-electron chi connectivity index (χ0n) is 11.6. The van der Waals surface area contributed by atoms with Crippen molar-refractivity contribution in [3.63, 3.8) is 0 Å². The van der Waals surface area contributed by atoms with Crippen LogP contribution in [-0.2, 0) is 9.53 Å². The van der Waals surface area contributed by atoms with Gasteiger partial charge < -0.3 is 10.1 Å². The predicted molar refractivity (Wildman–Crippen MR) is 71.4 cm³/mol. The van der Waals surface area contributed by atoms with Gasteiger partial charge in [-0.05, 0) is 38.6 Å². The number of rotatable bonds is 4. The third-order valence-electron chi connectivity index (χ3n) is 4.44. The van der Waals surface area contributed by atoms with Crippen molar-refractivity contribution < 1.29 is 9.53 Å². The van der Waals surface area contributed by atoms with Gasteiger partial charge in [-0.3, -0.25) is 10.1 Å². The van der Waals surface area contributed by atoms with E-state index in [-0.39, 0.29) is 11.9 Å². The van der Waals surface area contributed by atoms with E-state index in [1.807, 2.05) is 6.92 Å². The standard InChI is InChI=1S/C14H26N2O2/c1-3-18-13(17)14(8-9-15-10-11(14)2)16-12-6-4-5-7-12/h11-12,15-16H,3-10H2,1-2H3. The summed E-state index contributed by atoms with van der Waals surface area (Å²) in [5.41, 5.74) is -0.462. The van der Waals surface area contributed by atoms with Crippen LogP contribution in [0.4, 0.5) is 0 Å². The largest absolute Gasteiger partial charge is 0.465 e. The van der Waals surface area contributed by atoms with Gasteiger partial charge in [0.2, 0.25) is 0 Å². The van der Waals surface area contributed by atoms with Crippen molar-refractivity contribution in [3.05, 3.63) is 0 Å². The van der Waals surface area contributed by atoms with Crippen LogP contribution in [0.2, 0.25) is 0 Å². The third kappa shape index (κ3) is 2.69. The van der Waals surface area contributed by atoms with Crippen LogP contribution in [0.3, 0.4) is 0 Å². The molecular formula is C14H26N2O2. The fourth-order valence-corrected chi connectivity index (χ4v) is 3.30. The highest BCUT2D eigenvalue weighted by atomic mass is 16.5. The van der Waals surface area contributed by atoms with Crippen LogP contribution in [-0.4, -0.2) is 37.2 Å². The second-order valence-corrected chi connectivity index (χ2v) is 5.67. The van der Waals surface area contributed by atoms with Crippen LogP contribution >= 0.6 is 0 Å². The first-order valence-electron chi connectivity index (χ1n) is 7.34. The molecule has 104 valence electrons. The molecule has 2 unspecified atom stereocenters. The lowest BCUT2D eigenvalue weighted by Crippen LogP contribution is -2.65. The Morgan fingerprint density at radius 2 is 2.17 bits per heavy atom. The molecule has 0 aromatic rings. The molecule has 0 radical (unpaired) electrons. The molecule has 1 aliphatic heterocycles. The van der Waals surface area contributed by atoms with Gasteiger partial charge in [0.25, 0.3) is 0 Å². The van der Waals surface area contributed by atoms with E-state index in [9.17, 15) is 4.79 Å². The van der Waals surface area contributed by atoms with Gasteiger partial charge >= 0.3 is 5.97 Å². The molecular weight excluding hydrogens is 228 g/mol. The first kappa shape index (κ1) is 13.8. The van der Waals surface area contributed by atoms with Crippen molar-refractivity contribution in [2.24, 2.45) is 5.92 Å². The van der Waals surface area contributed by atoms with Crippen molar-refractivity contribution in [2.75, 3.05) is 19.7 Å². The minimum Gasteiger partial charge on any atom is -0.465 e. The van der Waals surface area contributed by atoms with Gasteiger partial charge in [0.1, 0.15) is 5.54 Å². The molecule has 0 amide bonds. The van der Waals surface area contributed by atoms with E-state index in [0.717, 1.165) is 19.5 Å². The lowest BCUT2D eigenvalue weighted by atomic mass is 9.78. The quantitative estimate of drug-likeness (QED) is 0.746. The van der Waals surface area contributed by atoms with Gasteiger partial charge in [0, 0.05) is 12.6 Å². The van der Waals surface area contributed by atoms with E-state index in [4.69, 9.17) is 4.74 Å². The summed E-state index contributed by atoms with van der Waals surface area (Å²) in [5, 5.41) is 7.01. The summed E-state index contributed by atoms with van der Waals surface area (Å²) in [5.74, 6) is 0.233. The number of carbonyl (C=O) groups excluding carboxylic acids is 1. The molecule has 4 heteroatoms. The Morgan fingerprint density at radius 3 is 2.78 bits per heavy atom. The van der Waals surface area contributed by atoms with E-state index in [2.05, 4.69) is 17.6 Å². The number of ether oxygens (including phenoxy) is 1. The molecule has 18 heavy (non-hydrogen) atoms. The molecule has 0 aromatic heterocycles. The van der Waals surface area contributed by atoms with Crippen molar-refractivity contribution in [3.8, 4) is 0 Å². The predicted octanol–water partition coefficient (Wildman–Crippen LogP) is 1.45. The highest BCUT2D eigenvalue weighted by molar-refractivity contribution is 5.81. The highest BCUT2D eigenvalue weighted by Crippen LogP contribution is 2.30. The second kappa shape index (κ2) is 6.02. The van der Waals surface area contributed by atoms with Crippen LogP contribution in [0.25, 0.3) is 0 Å². The van der Waals surface area contributed by atoms with Gasteiger partial charge in [-0.1, -0.05) is 19.8 Å². The minimum atomic E-state index is -0.462. The zero-order chi connectivity index (χ0) is 13.0. The number of piperidine rings is 1. The van der Waals surface area contributed by atoms with E-state index in [0.29, 0.717) is 12.6 Å². The Kier molecular flexibility index (Phi) is 4.62. The number of hydrogen-bond donors (Lipinski definition) is 2. The van der Waals surface area contributed by atoms with E-state index < -0.39 is 5.54 Å². The fraction of sp³-hybridized carbons (Fsp3) is 0.929. The lowest BCUT2D eigenvalue weighted by Gasteiger charge is -2.43. The summed E-state index contributed by atoms with van der Waals surface area (Å²) in [6.45, 7) is 6.27. The first-order chi connectivity index (χ1) is 8.69. The molecule has 0 aromatic carbocycles. The van der Waals surface area contributed by atoms with E-state index >= 15 is 0 Å². The summed E-state index contributed by atoms with van der Waals surface area (Å²) < 4.78 is 5.34. The Balaban J connectivity index is 2.11. The molecule has 2 atom stereocenters. The van der Waals surface area contributed by atoms with Crippen LogP contribution in [0.1, 0.15) is 46.0 Å². The van der Waals surface area contributed by atoms with Crippen molar-refractivity contribution >= 4 is 5.97 Å². The van der Waals surface area contributed by atoms with E-state index in [1.165, 1.54) is 25.7 Å². The number of carbonyl (C=O) groups is 1. The normalized spacial score (nSPS) is 33.6. The van der Waals surface area contributed by atoms with Gasteiger partial charge in [0.05, 0.1) is 6.61 Å².